The third-order valence-electron chi connectivity index (χ3n) is 6.06. The molecule has 1 aliphatic rings. The lowest BCUT2D eigenvalue weighted by Crippen LogP contribution is -2.36. The summed E-state index contributed by atoms with van der Waals surface area (Å²) in [4.78, 5) is 26.8. The van der Waals surface area contributed by atoms with Crippen LogP contribution >= 0.6 is 11.8 Å². The molecule has 0 spiro atoms. The molecular formula is C28H27FN6O2S. The fourth-order valence-electron chi connectivity index (χ4n) is 4.23. The number of rotatable bonds is 8. The third kappa shape index (κ3) is 5.87. The van der Waals surface area contributed by atoms with Gasteiger partial charge in [0.05, 0.1) is 24.6 Å². The van der Waals surface area contributed by atoms with E-state index in [0.717, 1.165) is 52.1 Å². The average Bonchev–Trinajstić information content (AvgIpc) is 3.38. The second kappa shape index (κ2) is 11.5. The van der Waals surface area contributed by atoms with Gasteiger partial charge in [0.15, 0.2) is 5.16 Å². The minimum Gasteiger partial charge on any atom is -0.378 e. The molecule has 3 heterocycles. The number of benzene rings is 2. The first-order valence-electron chi connectivity index (χ1n) is 12.1. The highest BCUT2D eigenvalue weighted by Gasteiger charge is 2.16. The van der Waals surface area contributed by atoms with Gasteiger partial charge < -0.3 is 25.3 Å². The van der Waals surface area contributed by atoms with Gasteiger partial charge in [0.2, 0.25) is 5.91 Å². The van der Waals surface area contributed by atoms with Crippen LogP contribution in [0.25, 0.3) is 22.5 Å². The van der Waals surface area contributed by atoms with Gasteiger partial charge in [-0.25, -0.2) is 14.4 Å². The molecule has 2 aromatic carbocycles. The normalized spacial score (nSPS) is 13.3. The SMILES string of the molecule is C=CC(=O)Nc1cc(Nc2cc(-c3nc(SC)[nH]c3-c3ccc(F)cc3)ccn2)cc(N2CCOCC2)c1. The minimum atomic E-state index is -0.293. The Labute approximate surface area is 224 Å². The molecular weight excluding hydrogens is 503 g/mol. The Morgan fingerprint density at radius 3 is 2.61 bits per heavy atom. The van der Waals surface area contributed by atoms with Crippen molar-refractivity contribution < 1.29 is 13.9 Å². The molecule has 5 rings (SSSR count). The van der Waals surface area contributed by atoms with Crippen LogP contribution in [0.1, 0.15) is 0 Å². The number of imidazole rings is 1. The van der Waals surface area contributed by atoms with Crippen LogP contribution in [0.4, 0.5) is 27.3 Å². The summed E-state index contributed by atoms with van der Waals surface area (Å²) in [6.07, 6.45) is 4.90. The van der Waals surface area contributed by atoms with Crippen molar-refractivity contribution in [1.82, 2.24) is 15.0 Å². The molecule has 194 valence electrons. The minimum absolute atomic E-state index is 0.286. The van der Waals surface area contributed by atoms with Crippen molar-refractivity contribution in [2.75, 3.05) is 48.1 Å². The quantitative estimate of drug-likeness (QED) is 0.199. The number of hydrogen-bond acceptors (Lipinski definition) is 7. The molecule has 3 N–H and O–H groups in total. The van der Waals surface area contributed by atoms with Crippen LogP contribution in [-0.4, -0.2) is 53.4 Å². The predicted molar refractivity (Wildman–Crippen MR) is 151 cm³/mol. The summed E-state index contributed by atoms with van der Waals surface area (Å²) in [5, 5.41) is 6.98. The van der Waals surface area contributed by atoms with Crippen LogP contribution in [-0.2, 0) is 9.53 Å². The number of aromatic amines is 1. The maximum atomic E-state index is 13.5. The van der Waals surface area contributed by atoms with Crippen LogP contribution < -0.4 is 15.5 Å². The molecule has 0 bridgehead atoms. The highest BCUT2D eigenvalue weighted by atomic mass is 32.2. The number of aromatic nitrogens is 3. The second-order valence-electron chi connectivity index (χ2n) is 8.59. The van der Waals surface area contributed by atoms with E-state index in [1.165, 1.54) is 30.0 Å². The number of thioether (sulfide) groups is 1. The van der Waals surface area contributed by atoms with E-state index in [2.05, 4.69) is 32.1 Å². The summed E-state index contributed by atoms with van der Waals surface area (Å²) in [5.41, 5.74) is 5.60. The molecule has 1 amide bonds. The molecule has 0 unspecified atom stereocenters. The lowest BCUT2D eigenvalue weighted by molar-refractivity contribution is -0.111. The summed E-state index contributed by atoms with van der Waals surface area (Å²) < 4.78 is 19.0. The van der Waals surface area contributed by atoms with Gasteiger partial charge in [0.25, 0.3) is 0 Å². The third-order valence-corrected chi connectivity index (χ3v) is 6.64. The first-order chi connectivity index (χ1) is 18.5. The molecule has 0 saturated carbocycles. The number of H-pyrrole nitrogens is 1. The van der Waals surface area contributed by atoms with Crippen molar-refractivity contribution in [2.24, 2.45) is 0 Å². The molecule has 8 nitrogen and oxygen atoms in total. The van der Waals surface area contributed by atoms with E-state index in [1.807, 2.05) is 36.6 Å². The number of hydrogen-bond donors (Lipinski definition) is 3. The van der Waals surface area contributed by atoms with E-state index in [-0.39, 0.29) is 11.7 Å². The highest BCUT2D eigenvalue weighted by molar-refractivity contribution is 7.98. The Kier molecular flexibility index (Phi) is 7.71. The van der Waals surface area contributed by atoms with Crippen LogP contribution in [0.2, 0.25) is 0 Å². The number of anilines is 4. The first kappa shape index (κ1) is 25.5. The van der Waals surface area contributed by atoms with Gasteiger partial charge in [-0.15, -0.1) is 0 Å². The van der Waals surface area contributed by atoms with Gasteiger partial charge in [-0.2, -0.15) is 0 Å². The number of nitrogens with zero attached hydrogens (tertiary/aromatic N) is 3. The number of amides is 1. The molecule has 1 saturated heterocycles. The van der Waals surface area contributed by atoms with Gasteiger partial charge in [-0.1, -0.05) is 18.3 Å². The zero-order valence-electron chi connectivity index (χ0n) is 20.8. The Balaban J connectivity index is 1.48. The number of carbonyl (C=O) groups excluding carboxylic acids is 1. The molecule has 10 heteroatoms. The van der Waals surface area contributed by atoms with Crippen molar-refractivity contribution in [1.29, 1.82) is 0 Å². The summed E-state index contributed by atoms with van der Waals surface area (Å²) in [7, 11) is 0. The number of pyridine rings is 1. The Morgan fingerprint density at radius 1 is 1.11 bits per heavy atom. The van der Waals surface area contributed by atoms with E-state index in [4.69, 9.17) is 9.72 Å². The summed E-state index contributed by atoms with van der Waals surface area (Å²) >= 11 is 1.50. The molecule has 0 atom stereocenters. The zero-order valence-corrected chi connectivity index (χ0v) is 21.6. The van der Waals surface area contributed by atoms with Gasteiger partial charge in [0.1, 0.15) is 11.6 Å². The predicted octanol–water partition coefficient (Wildman–Crippen LogP) is 5.70. The van der Waals surface area contributed by atoms with E-state index < -0.39 is 0 Å². The number of ether oxygens (including phenoxy) is 1. The van der Waals surface area contributed by atoms with Crippen molar-refractivity contribution in [3.63, 3.8) is 0 Å². The average molecular weight is 531 g/mol. The van der Waals surface area contributed by atoms with Crippen molar-refractivity contribution in [3.05, 3.63) is 79.3 Å². The molecule has 4 aromatic rings. The van der Waals surface area contributed by atoms with E-state index in [1.54, 1.807) is 18.3 Å². The van der Waals surface area contributed by atoms with Crippen LogP contribution in [0.5, 0.6) is 0 Å². The smallest absolute Gasteiger partial charge is 0.247 e. The monoisotopic (exact) mass is 530 g/mol. The zero-order chi connectivity index (χ0) is 26.5. The van der Waals surface area contributed by atoms with Crippen molar-refractivity contribution in [3.8, 4) is 22.5 Å². The van der Waals surface area contributed by atoms with Crippen LogP contribution in [0.15, 0.2) is 78.6 Å². The lowest BCUT2D eigenvalue weighted by Gasteiger charge is -2.29. The molecule has 1 fully saturated rings. The maximum Gasteiger partial charge on any atom is 0.247 e. The van der Waals surface area contributed by atoms with E-state index >= 15 is 0 Å². The second-order valence-corrected chi connectivity index (χ2v) is 9.39. The van der Waals surface area contributed by atoms with E-state index in [9.17, 15) is 9.18 Å². The number of carbonyl (C=O) groups is 1. The first-order valence-corrected chi connectivity index (χ1v) is 13.3. The largest absolute Gasteiger partial charge is 0.378 e. The number of morpholine rings is 1. The summed E-state index contributed by atoms with van der Waals surface area (Å²) in [6.45, 7) is 6.36. The van der Waals surface area contributed by atoms with E-state index in [0.29, 0.717) is 24.7 Å². The molecule has 1 aliphatic heterocycles. The van der Waals surface area contributed by atoms with Crippen LogP contribution in [0.3, 0.4) is 0 Å². The van der Waals surface area contributed by atoms with Gasteiger partial charge >= 0.3 is 0 Å². The Hall–Kier alpha value is -4.15. The van der Waals surface area contributed by atoms with Crippen LogP contribution in [0, 0.1) is 5.82 Å². The molecule has 2 aromatic heterocycles. The van der Waals surface area contributed by atoms with Crippen molar-refractivity contribution in [2.45, 2.75) is 5.16 Å². The van der Waals surface area contributed by atoms with Gasteiger partial charge in [0, 0.05) is 47.5 Å². The van der Waals surface area contributed by atoms with Gasteiger partial charge in [-0.05, 0) is 66.9 Å². The Bertz CT molecular complexity index is 1450. The fourth-order valence-corrected chi connectivity index (χ4v) is 4.62. The summed E-state index contributed by atoms with van der Waals surface area (Å²) in [5.74, 6) is 0.0336. The topological polar surface area (TPSA) is 95.2 Å². The van der Waals surface area contributed by atoms with Crippen molar-refractivity contribution >= 4 is 40.5 Å². The standard InChI is InChI=1S/C28H27FN6O2S/c1-3-25(36)32-22-15-21(16-23(17-22)35-10-12-37-13-11-35)31-24-14-19(8-9-30-24)27-26(33-28(34-27)38-2)18-4-6-20(29)7-5-18/h3-9,14-17H,1,10-13H2,2H3,(H,30,31)(H,32,36)(H,33,34). The highest BCUT2D eigenvalue weighted by Crippen LogP contribution is 2.34. The molecule has 0 aliphatic carbocycles. The maximum absolute atomic E-state index is 13.5. The number of nitrogens with one attached hydrogen (secondary N) is 3. The lowest BCUT2D eigenvalue weighted by atomic mass is 10.1. The fraction of sp³-hybridized carbons (Fsp3) is 0.179. The molecule has 38 heavy (non-hydrogen) atoms. The molecule has 0 radical (unpaired) electrons. The summed E-state index contributed by atoms with van der Waals surface area (Å²) in [6, 6.07) is 15.9. The number of halogens is 1. The Morgan fingerprint density at radius 2 is 1.87 bits per heavy atom. The van der Waals surface area contributed by atoms with Gasteiger partial charge in [-0.3, -0.25) is 4.79 Å².